The fraction of sp³-hybridized carbons (Fsp3) is 0.458. The zero-order chi connectivity index (χ0) is 39.5. The van der Waals surface area contributed by atoms with Gasteiger partial charge in [0.25, 0.3) is 0 Å². The molecule has 5 unspecified atom stereocenters. The Kier molecular flexibility index (Phi) is 9.79. The second-order valence-electron chi connectivity index (χ2n) is 17.5. The molecule has 0 spiro atoms. The van der Waals surface area contributed by atoms with Gasteiger partial charge in [-0.15, -0.1) is 10.2 Å². The largest absolute Gasteiger partial charge is 0.466 e. The molecule has 0 radical (unpaired) electrons. The van der Waals surface area contributed by atoms with E-state index in [4.69, 9.17) is 29.6 Å². The normalized spacial score (nSPS) is 28.9. The minimum absolute atomic E-state index is 0.0315. The molecule has 3 aromatic heterocycles. The monoisotopic (exact) mass is 778 g/mol. The predicted molar refractivity (Wildman–Crippen MR) is 226 cm³/mol. The van der Waals surface area contributed by atoms with Crippen LogP contribution in [-0.2, 0) is 6.61 Å². The van der Waals surface area contributed by atoms with Crippen LogP contribution in [-0.4, -0.2) is 84.0 Å². The first kappa shape index (κ1) is 37.5. The van der Waals surface area contributed by atoms with Gasteiger partial charge < -0.3 is 19.7 Å². The van der Waals surface area contributed by atoms with Gasteiger partial charge in [-0.3, -0.25) is 19.8 Å². The van der Waals surface area contributed by atoms with Crippen molar-refractivity contribution in [3.63, 3.8) is 0 Å². The maximum absolute atomic E-state index is 11.7. The summed E-state index contributed by atoms with van der Waals surface area (Å²) in [6.45, 7) is 10.1. The van der Waals surface area contributed by atoms with E-state index in [1.807, 2.05) is 36.7 Å². The molecular weight excluding hydrogens is 725 g/mol. The third kappa shape index (κ3) is 6.49. The maximum atomic E-state index is 11.7. The lowest BCUT2D eigenvalue weighted by Crippen LogP contribution is -2.64. The van der Waals surface area contributed by atoms with Crippen molar-refractivity contribution < 1.29 is 19.7 Å². The second-order valence-corrected chi connectivity index (χ2v) is 17.5. The number of pyridine rings is 2. The number of aryl methyl sites for hydroxylation is 1. The topological polar surface area (TPSA) is 117 Å². The molecule has 6 saturated heterocycles. The summed E-state index contributed by atoms with van der Waals surface area (Å²) in [5, 5.41) is 35.3. The van der Waals surface area contributed by atoms with Crippen LogP contribution >= 0.6 is 0 Å². The Labute approximate surface area is 340 Å². The lowest BCUT2D eigenvalue weighted by molar-refractivity contribution is -0.150. The molecule has 10 atom stereocenters. The average Bonchev–Trinajstić information content (AvgIpc) is 3.27. The third-order valence-corrected chi connectivity index (χ3v) is 14.4. The van der Waals surface area contributed by atoms with Crippen molar-refractivity contribution in [3.8, 4) is 11.8 Å². The van der Waals surface area contributed by atoms with Crippen molar-refractivity contribution in [1.29, 1.82) is 0 Å². The van der Waals surface area contributed by atoms with Gasteiger partial charge in [-0.05, 0) is 124 Å². The average molecular weight is 779 g/mol. The first-order valence-electron chi connectivity index (χ1n) is 21.5. The standard InChI is InChI=1S/C48H54N6O4/c1-4-31-26-53-20-16-32(31)24-42(53)44(35-15-19-50-41-13-11-30(27-55)23-39(35)41)57-46-36-8-6-7-9-37(36)47(52-51-46)58-45(34-14-18-49-40-12-10-29(3)22-38(34)40)43-25-33-17-21-54(43)28-48(33,56)5-2/h6-15,18-19,22-23,31-33,42-45,55-56H,4-5,16-17,20-21,24-28H2,1-3H3/t31-,32?,33?,42+,43+,44+,45-,48?/m0/s1. The number of aliphatic hydroxyl groups excluding tert-OH is 1. The molecule has 10 heteroatoms. The highest BCUT2D eigenvalue weighted by molar-refractivity contribution is 5.91. The number of aliphatic hydroxyl groups is 2. The number of hydrogen-bond donors (Lipinski definition) is 2. The van der Waals surface area contributed by atoms with Crippen LogP contribution < -0.4 is 9.47 Å². The van der Waals surface area contributed by atoms with Crippen LogP contribution in [0.25, 0.3) is 32.6 Å². The number of rotatable bonds is 11. The number of nitrogens with zero attached hydrogens (tertiary/aromatic N) is 6. The summed E-state index contributed by atoms with van der Waals surface area (Å²) in [6, 6.07) is 24.9. The lowest BCUT2D eigenvalue weighted by atomic mass is 9.69. The predicted octanol–water partition coefficient (Wildman–Crippen LogP) is 8.12. The molecule has 6 aliphatic heterocycles. The number of aromatic nitrogens is 4. The van der Waals surface area contributed by atoms with Gasteiger partial charge in [0.15, 0.2) is 0 Å². The smallest absolute Gasteiger partial charge is 0.242 e. The van der Waals surface area contributed by atoms with Crippen molar-refractivity contribution in [3.05, 3.63) is 107 Å². The van der Waals surface area contributed by atoms with E-state index in [-0.39, 0.29) is 36.8 Å². The summed E-state index contributed by atoms with van der Waals surface area (Å²) >= 11 is 0. The maximum Gasteiger partial charge on any atom is 0.242 e. The van der Waals surface area contributed by atoms with E-state index >= 15 is 0 Å². The number of ether oxygens (including phenoxy) is 2. The van der Waals surface area contributed by atoms with E-state index in [2.05, 4.69) is 79.1 Å². The van der Waals surface area contributed by atoms with Gasteiger partial charge in [0.05, 0.1) is 46.1 Å². The summed E-state index contributed by atoms with van der Waals surface area (Å²) in [5.41, 5.74) is 5.23. The highest BCUT2D eigenvalue weighted by atomic mass is 16.5. The van der Waals surface area contributed by atoms with Crippen LogP contribution in [0.1, 0.15) is 86.8 Å². The molecule has 0 amide bonds. The summed E-state index contributed by atoms with van der Waals surface area (Å²) in [6.07, 6.45) is 9.02. The van der Waals surface area contributed by atoms with Gasteiger partial charge in [0.2, 0.25) is 11.8 Å². The molecule has 58 heavy (non-hydrogen) atoms. The van der Waals surface area contributed by atoms with Crippen LogP contribution in [0, 0.1) is 24.7 Å². The second kappa shape index (κ2) is 15.1. The van der Waals surface area contributed by atoms with Crippen molar-refractivity contribution in [1.82, 2.24) is 30.0 Å². The summed E-state index contributed by atoms with van der Waals surface area (Å²) in [7, 11) is 0. The molecule has 0 saturated carbocycles. The van der Waals surface area contributed by atoms with Crippen LogP contribution in [0.4, 0.5) is 0 Å². The van der Waals surface area contributed by atoms with Gasteiger partial charge in [-0.25, -0.2) is 0 Å². The zero-order valence-electron chi connectivity index (χ0n) is 33.8. The Morgan fingerprint density at radius 3 is 1.98 bits per heavy atom. The Morgan fingerprint density at radius 1 is 0.759 bits per heavy atom. The molecular formula is C48H54N6O4. The minimum Gasteiger partial charge on any atom is -0.466 e. The Bertz CT molecular complexity index is 2440. The third-order valence-electron chi connectivity index (χ3n) is 14.4. The summed E-state index contributed by atoms with van der Waals surface area (Å²) < 4.78 is 14.5. The number of benzene rings is 3. The molecule has 0 aliphatic carbocycles. The van der Waals surface area contributed by atoms with Crippen molar-refractivity contribution in [2.45, 2.75) is 95.8 Å². The molecule has 6 fully saturated rings. The van der Waals surface area contributed by atoms with Crippen LogP contribution in [0.2, 0.25) is 0 Å². The summed E-state index contributed by atoms with van der Waals surface area (Å²) in [5.74, 6) is 2.47. The van der Waals surface area contributed by atoms with Crippen LogP contribution in [0.15, 0.2) is 85.2 Å². The summed E-state index contributed by atoms with van der Waals surface area (Å²) in [4.78, 5) is 14.5. The number of hydrogen-bond acceptors (Lipinski definition) is 10. The van der Waals surface area contributed by atoms with Gasteiger partial charge in [-0.2, -0.15) is 0 Å². The highest BCUT2D eigenvalue weighted by Crippen LogP contribution is 2.48. The van der Waals surface area contributed by atoms with Crippen molar-refractivity contribution in [2.75, 3.05) is 26.2 Å². The first-order chi connectivity index (χ1) is 28.3. The SMILES string of the molecule is CC[C@H]1CN2CCC1C[C@@H]2[C@H](Oc1nnc(O[C@@H](c2ccnc3ccc(C)cc23)[C@H]2CC3CCN2CC3(O)CC)c2ccccc12)c1ccnc2ccc(CO)cc12. The molecule has 3 aromatic carbocycles. The highest BCUT2D eigenvalue weighted by Gasteiger charge is 2.51. The van der Waals surface area contributed by atoms with Crippen LogP contribution in [0.5, 0.6) is 11.8 Å². The molecule has 6 aromatic rings. The fourth-order valence-electron chi connectivity index (χ4n) is 11.1. The Hall–Kier alpha value is -4.74. The van der Waals surface area contributed by atoms with E-state index in [0.717, 1.165) is 100 Å². The molecule has 10 nitrogen and oxygen atoms in total. The van der Waals surface area contributed by atoms with Crippen LogP contribution in [0.3, 0.4) is 0 Å². The Balaban J connectivity index is 1.06. The van der Waals surface area contributed by atoms with E-state index in [1.54, 1.807) is 0 Å². The molecule has 4 bridgehead atoms. The molecule has 12 rings (SSSR count). The zero-order valence-corrected chi connectivity index (χ0v) is 33.8. The quantitative estimate of drug-likeness (QED) is 0.134. The number of piperidine rings is 6. The van der Waals surface area contributed by atoms with Crippen molar-refractivity contribution in [2.24, 2.45) is 17.8 Å². The first-order valence-corrected chi connectivity index (χ1v) is 21.5. The molecule has 2 N–H and O–H groups in total. The Morgan fingerprint density at radius 2 is 1.40 bits per heavy atom. The molecule has 9 heterocycles. The van der Waals surface area contributed by atoms with Gasteiger partial charge in [-0.1, -0.05) is 50.1 Å². The van der Waals surface area contributed by atoms with E-state index in [0.29, 0.717) is 30.1 Å². The van der Waals surface area contributed by atoms with E-state index in [9.17, 15) is 10.2 Å². The molecule has 6 aliphatic rings. The van der Waals surface area contributed by atoms with Gasteiger partial charge >= 0.3 is 0 Å². The lowest BCUT2D eigenvalue weighted by Gasteiger charge is -2.55. The fourth-order valence-corrected chi connectivity index (χ4v) is 11.1. The van der Waals surface area contributed by atoms with Crippen molar-refractivity contribution >= 4 is 32.6 Å². The minimum atomic E-state index is -0.691. The molecule has 300 valence electrons. The van der Waals surface area contributed by atoms with Gasteiger partial charge in [0.1, 0.15) is 12.2 Å². The van der Waals surface area contributed by atoms with Gasteiger partial charge in [0, 0.05) is 47.4 Å². The van der Waals surface area contributed by atoms with E-state index in [1.165, 1.54) is 12.8 Å². The number of fused-ring (bicyclic) bond motifs is 9. The van der Waals surface area contributed by atoms with E-state index < -0.39 is 5.60 Å².